The summed E-state index contributed by atoms with van der Waals surface area (Å²) in [5, 5.41) is 2.73. The van der Waals surface area contributed by atoms with Crippen molar-refractivity contribution in [1.29, 1.82) is 0 Å². The fourth-order valence-corrected chi connectivity index (χ4v) is 3.71. The Labute approximate surface area is 182 Å². The number of methoxy groups -OCH3 is 1. The van der Waals surface area contributed by atoms with Gasteiger partial charge >= 0.3 is 0 Å². The average Bonchev–Trinajstić information content (AvgIpc) is 2.71. The van der Waals surface area contributed by atoms with Crippen LogP contribution in [0.1, 0.15) is 48.9 Å². The van der Waals surface area contributed by atoms with Gasteiger partial charge in [-0.25, -0.2) is 0 Å². The summed E-state index contributed by atoms with van der Waals surface area (Å²) in [5.74, 6) is 0.0969. The Morgan fingerprint density at radius 1 is 1.17 bits per heavy atom. The zero-order chi connectivity index (χ0) is 22.0. The Kier molecular flexibility index (Phi) is 6.37. The third kappa shape index (κ3) is 4.14. The van der Waals surface area contributed by atoms with Crippen LogP contribution in [0.15, 0.2) is 42.0 Å². The van der Waals surface area contributed by atoms with Crippen LogP contribution in [0.4, 0.5) is 5.69 Å². The quantitative estimate of drug-likeness (QED) is 0.437. The topological polar surface area (TPSA) is 58.6 Å². The molecule has 5 nitrogen and oxygen atoms in total. The predicted molar refractivity (Wildman–Crippen MR) is 124 cm³/mol. The minimum absolute atomic E-state index is 0.0474. The number of nitrogens with one attached hydrogen (secondary N) is 1. The predicted octanol–water partition coefficient (Wildman–Crippen LogP) is 4.52. The molecule has 2 aromatic carbocycles. The highest BCUT2D eigenvalue weighted by atomic mass is 32.1. The van der Waals surface area contributed by atoms with Crippen LogP contribution in [0.2, 0.25) is 0 Å². The molecule has 156 valence electrons. The lowest BCUT2D eigenvalue weighted by Crippen LogP contribution is -2.54. The molecule has 0 saturated carbocycles. The molecular formula is C24H26N2O3S. The average molecular weight is 423 g/mol. The summed E-state index contributed by atoms with van der Waals surface area (Å²) in [6.07, 6.45) is 2.53. The van der Waals surface area contributed by atoms with Crippen molar-refractivity contribution in [3.8, 4) is 5.75 Å². The second-order valence-electron chi connectivity index (χ2n) is 7.58. The van der Waals surface area contributed by atoms with E-state index in [-0.39, 0.29) is 16.6 Å². The summed E-state index contributed by atoms with van der Waals surface area (Å²) in [7, 11) is 1.64. The van der Waals surface area contributed by atoms with Gasteiger partial charge in [-0.05, 0) is 84.1 Å². The molecule has 0 aliphatic carbocycles. The number of hydrogen-bond donors (Lipinski definition) is 1. The molecule has 1 aliphatic heterocycles. The van der Waals surface area contributed by atoms with Gasteiger partial charge in [-0.15, -0.1) is 0 Å². The molecule has 0 aromatic heterocycles. The number of ether oxygens (including phenoxy) is 1. The first-order valence-corrected chi connectivity index (χ1v) is 10.4. The molecule has 1 saturated heterocycles. The molecule has 0 atom stereocenters. The highest BCUT2D eigenvalue weighted by molar-refractivity contribution is 7.80. The van der Waals surface area contributed by atoms with Crippen molar-refractivity contribution >= 4 is 40.9 Å². The first-order valence-electron chi connectivity index (χ1n) is 9.95. The van der Waals surface area contributed by atoms with Crippen molar-refractivity contribution in [3.05, 3.63) is 64.2 Å². The normalized spacial score (nSPS) is 15.7. The molecule has 3 rings (SSSR count). The molecule has 0 unspecified atom stereocenters. The maximum Gasteiger partial charge on any atom is 0.270 e. The van der Waals surface area contributed by atoms with Crippen LogP contribution in [0, 0.1) is 6.92 Å². The van der Waals surface area contributed by atoms with Gasteiger partial charge < -0.3 is 4.74 Å². The summed E-state index contributed by atoms with van der Waals surface area (Å²) >= 11 is 5.29. The zero-order valence-corrected chi connectivity index (χ0v) is 18.7. The van der Waals surface area contributed by atoms with Crippen LogP contribution in [0.5, 0.6) is 5.75 Å². The largest absolute Gasteiger partial charge is 0.496 e. The van der Waals surface area contributed by atoms with Gasteiger partial charge in [-0.3, -0.25) is 19.8 Å². The molecule has 0 spiro atoms. The molecule has 2 aromatic rings. The van der Waals surface area contributed by atoms with Crippen molar-refractivity contribution < 1.29 is 14.3 Å². The number of amides is 2. The number of thiocarbonyl (C=S) groups is 1. The van der Waals surface area contributed by atoms with Gasteiger partial charge in [-0.1, -0.05) is 32.9 Å². The Morgan fingerprint density at radius 3 is 2.40 bits per heavy atom. The number of aryl methyl sites for hydroxylation is 2. The van der Waals surface area contributed by atoms with E-state index >= 15 is 0 Å². The number of anilines is 1. The van der Waals surface area contributed by atoms with Crippen molar-refractivity contribution in [2.45, 2.75) is 40.0 Å². The number of nitrogens with zero attached hydrogens (tertiary/aromatic N) is 1. The van der Waals surface area contributed by atoms with Crippen molar-refractivity contribution in [2.24, 2.45) is 0 Å². The maximum absolute atomic E-state index is 13.2. The summed E-state index contributed by atoms with van der Waals surface area (Å²) in [6.45, 7) is 8.14. The van der Waals surface area contributed by atoms with Crippen LogP contribution in [0.25, 0.3) is 6.08 Å². The van der Waals surface area contributed by atoms with E-state index < -0.39 is 11.8 Å². The highest BCUT2D eigenvalue weighted by Gasteiger charge is 2.34. The first kappa shape index (κ1) is 21.7. The van der Waals surface area contributed by atoms with E-state index in [0.717, 1.165) is 34.4 Å². The van der Waals surface area contributed by atoms with E-state index in [0.29, 0.717) is 5.69 Å². The summed E-state index contributed by atoms with van der Waals surface area (Å²) in [4.78, 5) is 27.2. The third-order valence-corrected chi connectivity index (χ3v) is 5.53. The summed E-state index contributed by atoms with van der Waals surface area (Å²) in [5.41, 5.74) is 4.56. The van der Waals surface area contributed by atoms with Crippen molar-refractivity contribution in [1.82, 2.24) is 5.32 Å². The lowest BCUT2D eigenvalue weighted by Gasteiger charge is -2.29. The Morgan fingerprint density at radius 2 is 1.83 bits per heavy atom. The van der Waals surface area contributed by atoms with Gasteiger partial charge in [0.2, 0.25) is 0 Å². The Hall–Kier alpha value is -2.99. The molecule has 1 fully saturated rings. The number of hydrogen-bond acceptors (Lipinski definition) is 4. The van der Waals surface area contributed by atoms with E-state index in [9.17, 15) is 9.59 Å². The van der Waals surface area contributed by atoms with Gasteiger partial charge in [0.15, 0.2) is 5.11 Å². The second kappa shape index (κ2) is 8.79. The standard InChI is InChI=1S/C24H26N2O3S/c1-6-16-7-9-18(10-8-16)26-23(28)20(22(27)25-24(26)30)13-17-12-19(14(2)3)21(29-5)11-15(17)4/h7-14H,6H2,1-5H3,(H,25,27,30)/b20-13+. The van der Waals surface area contributed by atoms with Crippen LogP contribution in [0.3, 0.4) is 0 Å². The minimum atomic E-state index is -0.493. The third-order valence-electron chi connectivity index (χ3n) is 5.24. The van der Waals surface area contributed by atoms with Gasteiger partial charge in [0.05, 0.1) is 12.8 Å². The zero-order valence-electron chi connectivity index (χ0n) is 17.9. The molecule has 30 heavy (non-hydrogen) atoms. The number of carbonyl (C=O) groups excluding carboxylic acids is 2. The molecule has 6 heteroatoms. The molecule has 1 heterocycles. The lowest BCUT2D eigenvalue weighted by atomic mass is 9.95. The van der Waals surface area contributed by atoms with E-state index in [2.05, 4.69) is 26.1 Å². The van der Waals surface area contributed by atoms with Crippen LogP contribution in [-0.4, -0.2) is 24.0 Å². The first-order chi connectivity index (χ1) is 14.3. The summed E-state index contributed by atoms with van der Waals surface area (Å²) in [6, 6.07) is 11.5. The number of benzene rings is 2. The fraction of sp³-hybridized carbons (Fsp3) is 0.292. The SMILES string of the molecule is CCc1ccc(N2C(=O)/C(=C/c3cc(C(C)C)c(OC)cc3C)C(=O)NC2=S)cc1. The smallest absolute Gasteiger partial charge is 0.270 e. The molecule has 2 amide bonds. The van der Waals surface area contributed by atoms with Crippen LogP contribution in [-0.2, 0) is 16.0 Å². The number of rotatable bonds is 5. The monoisotopic (exact) mass is 422 g/mol. The van der Waals surface area contributed by atoms with E-state index in [1.807, 2.05) is 43.3 Å². The van der Waals surface area contributed by atoms with Crippen molar-refractivity contribution in [2.75, 3.05) is 12.0 Å². The molecule has 1 N–H and O–H groups in total. The van der Waals surface area contributed by atoms with E-state index in [1.165, 1.54) is 4.90 Å². The molecule has 0 radical (unpaired) electrons. The fourth-order valence-electron chi connectivity index (χ4n) is 3.43. The highest BCUT2D eigenvalue weighted by Crippen LogP contribution is 2.31. The Balaban J connectivity index is 2.05. The second-order valence-corrected chi connectivity index (χ2v) is 7.97. The lowest BCUT2D eigenvalue weighted by molar-refractivity contribution is -0.122. The van der Waals surface area contributed by atoms with Crippen LogP contribution >= 0.6 is 12.2 Å². The van der Waals surface area contributed by atoms with Crippen molar-refractivity contribution in [3.63, 3.8) is 0 Å². The van der Waals surface area contributed by atoms with Gasteiger partial charge in [0, 0.05) is 0 Å². The van der Waals surface area contributed by atoms with E-state index in [4.69, 9.17) is 17.0 Å². The maximum atomic E-state index is 13.2. The number of carbonyl (C=O) groups is 2. The van der Waals surface area contributed by atoms with Gasteiger partial charge in [0.25, 0.3) is 11.8 Å². The van der Waals surface area contributed by atoms with Gasteiger partial charge in [-0.2, -0.15) is 0 Å². The molecule has 1 aliphatic rings. The molecular weight excluding hydrogens is 396 g/mol. The van der Waals surface area contributed by atoms with Crippen LogP contribution < -0.4 is 15.0 Å². The Bertz CT molecular complexity index is 1040. The summed E-state index contributed by atoms with van der Waals surface area (Å²) < 4.78 is 5.49. The minimum Gasteiger partial charge on any atom is -0.496 e. The van der Waals surface area contributed by atoms with E-state index in [1.54, 1.807) is 13.2 Å². The molecule has 0 bridgehead atoms. The van der Waals surface area contributed by atoms with Gasteiger partial charge in [0.1, 0.15) is 11.3 Å².